The summed E-state index contributed by atoms with van der Waals surface area (Å²) >= 11 is 0. The van der Waals surface area contributed by atoms with Crippen LogP contribution in [-0.2, 0) is 35.2 Å². The monoisotopic (exact) mass is 1270 g/mol. The van der Waals surface area contributed by atoms with Gasteiger partial charge < -0.3 is 0 Å². The first kappa shape index (κ1) is 67.3. The van der Waals surface area contributed by atoms with Crippen LogP contribution in [0.15, 0.2) is 244 Å². The maximum atomic E-state index is 4.60. The molecular formula is C87H89N10+5. The molecular weight excluding hydrogens is 1190 g/mol. The molecule has 0 radical (unpaired) electrons. The number of hydrogen-bond acceptors (Lipinski definition) is 5. The lowest BCUT2D eigenvalue weighted by Gasteiger charge is -2.10. The summed E-state index contributed by atoms with van der Waals surface area (Å²) < 4.78 is 10.5. The minimum atomic E-state index is 0.520. The van der Waals surface area contributed by atoms with Crippen LogP contribution < -0.4 is 22.8 Å². The van der Waals surface area contributed by atoms with E-state index in [0.29, 0.717) is 5.92 Å². The summed E-state index contributed by atoms with van der Waals surface area (Å²) in [5.41, 5.74) is 30.6. The van der Waals surface area contributed by atoms with Gasteiger partial charge in [0.05, 0.1) is 62.2 Å². The fraction of sp³-hybridized carbons (Fsp3) is 0.195. The SMILES string of the molecule is Cc1ccc(C)c(-c2c3ccccc3nc[n+]2C)c1.Cc1ccc2nc[n+](C)c(-c3ccccc3C)c2c1.Cc1ccccc1-c1c2c(C)cccc2nc[n+]1C.Cc1ccccc1-c1c2ccc(C(C)C)cc2nc[n+]1C.Cc1ccccc1-c1c2cccc(C)c2nc[n+]1C. The number of hydrogen-bond donors (Lipinski definition) is 0. The van der Waals surface area contributed by atoms with Crippen molar-refractivity contribution in [3.63, 3.8) is 0 Å². The zero-order chi connectivity index (χ0) is 68.6. The van der Waals surface area contributed by atoms with Gasteiger partial charge in [-0.3, -0.25) is 0 Å². The highest BCUT2D eigenvalue weighted by atomic mass is 15.0. The third kappa shape index (κ3) is 14.6. The molecule has 15 rings (SSSR count). The van der Waals surface area contributed by atoms with Crippen LogP contribution in [0.3, 0.4) is 0 Å². The Morgan fingerprint density at radius 2 is 0.629 bits per heavy atom. The molecule has 0 aliphatic heterocycles. The zero-order valence-electron chi connectivity index (χ0n) is 59.1. The number of aromatic nitrogens is 10. The van der Waals surface area contributed by atoms with Gasteiger partial charge in [0.2, 0.25) is 0 Å². The summed E-state index contributed by atoms with van der Waals surface area (Å²) in [6.45, 7) is 23.7. The maximum absolute atomic E-state index is 4.60. The van der Waals surface area contributed by atoms with E-state index in [-0.39, 0.29) is 0 Å². The van der Waals surface area contributed by atoms with Gasteiger partial charge in [0.15, 0.2) is 27.6 Å². The first-order valence-electron chi connectivity index (χ1n) is 33.3. The predicted octanol–water partition coefficient (Wildman–Crippen LogP) is 17.5. The van der Waals surface area contributed by atoms with Crippen molar-refractivity contribution >= 4 is 54.5 Å². The summed E-state index contributed by atoms with van der Waals surface area (Å²) in [6, 6.07) is 74.6. The molecule has 10 nitrogen and oxygen atoms in total. The lowest BCUT2D eigenvalue weighted by atomic mass is 9.98. The molecule has 0 fully saturated rings. The van der Waals surface area contributed by atoms with Crippen molar-refractivity contribution in [2.45, 2.75) is 82.1 Å². The first-order chi connectivity index (χ1) is 46.8. The Morgan fingerprint density at radius 1 is 0.258 bits per heavy atom. The van der Waals surface area contributed by atoms with Gasteiger partial charge in [-0.1, -0.05) is 183 Å². The third-order valence-corrected chi connectivity index (χ3v) is 18.3. The molecule has 0 spiro atoms. The Hall–Kier alpha value is -11.1. The standard InChI is InChI=1S/C19H21N2.4C17H17N2/c1-13(2)15-9-10-17-18(11-15)20-12-21(4)19(17)16-8-6-5-7-14(16)3;1-12-7-4-5-9-14(12)17-16-13(2)8-6-10-15(16)18-11-19(17)3;1-12-7-4-5-9-14(12)17-15-10-6-8-13(2)16(15)18-11-19(17)3;1-12-8-9-13(2)15(10-12)17-14-6-4-5-7-16(14)18-11-19(17)3;1-12-8-9-16-15(10-12)17(19(3)11-18-16)14-7-5-4-6-13(14)2/h5-13H,1-4H3;4*4-11H,1-3H3/q5*+1. The smallest absolute Gasteiger partial charge is 0.232 e. The van der Waals surface area contributed by atoms with Crippen LogP contribution in [-0.4, -0.2) is 24.9 Å². The Labute approximate surface area is 572 Å². The Bertz CT molecular complexity index is 5340. The van der Waals surface area contributed by atoms with Gasteiger partial charge in [-0.25, -0.2) is 22.8 Å². The lowest BCUT2D eigenvalue weighted by molar-refractivity contribution is -0.662. The molecule has 0 aliphatic rings. The molecule has 10 aromatic carbocycles. The van der Waals surface area contributed by atoms with E-state index in [1.54, 1.807) is 0 Å². The average Bonchev–Trinajstić information content (AvgIpc) is 0.874. The van der Waals surface area contributed by atoms with E-state index in [9.17, 15) is 0 Å². The molecule has 97 heavy (non-hydrogen) atoms. The Kier molecular flexibility index (Phi) is 20.6. The molecule has 0 unspecified atom stereocenters. The van der Waals surface area contributed by atoms with Crippen molar-refractivity contribution in [1.29, 1.82) is 0 Å². The molecule has 5 heterocycles. The predicted molar refractivity (Wildman–Crippen MR) is 398 cm³/mol. The first-order valence-corrected chi connectivity index (χ1v) is 33.3. The highest BCUT2D eigenvalue weighted by molar-refractivity contribution is 5.96. The molecule has 0 bridgehead atoms. The second kappa shape index (κ2) is 29.7. The van der Waals surface area contributed by atoms with E-state index in [2.05, 4.69) is 365 Å². The van der Waals surface area contributed by atoms with Crippen LogP contribution in [0.1, 0.15) is 75.4 Å². The quantitative estimate of drug-likeness (QED) is 0.155. The number of fused-ring (bicyclic) bond motifs is 5. The molecule has 482 valence electrons. The van der Waals surface area contributed by atoms with Crippen LogP contribution >= 0.6 is 0 Å². The number of aryl methyl sites for hydroxylation is 14. The maximum Gasteiger partial charge on any atom is 0.287 e. The van der Waals surface area contributed by atoms with Crippen LogP contribution in [0, 0.1) is 62.3 Å². The van der Waals surface area contributed by atoms with Gasteiger partial charge >= 0.3 is 0 Å². The van der Waals surface area contributed by atoms with Crippen molar-refractivity contribution in [3.8, 4) is 56.3 Å². The van der Waals surface area contributed by atoms with Crippen LogP contribution in [0.2, 0.25) is 0 Å². The van der Waals surface area contributed by atoms with Gasteiger partial charge in [0, 0.05) is 33.4 Å². The van der Waals surface area contributed by atoms with Gasteiger partial charge in [-0.2, -0.15) is 0 Å². The molecule has 0 N–H and O–H groups in total. The van der Waals surface area contributed by atoms with E-state index in [4.69, 9.17) is 0 Å². The normalized spacial score (nSPS) is 11.0. The largest absolute Gasteiger partial charge is 0.287 e. The highest BCUT2D eigenvalue weighted by Crippen LogP contribution is 2.33. The summed E-state index contributed by atoms with van der Waals surface area (Å²) in [5.74, 6) is 0.520. The second-order valence-electron chi connectivity index (χ2n) is 26.0. The van der Waals surface area contributed by atoms with Gasteiger partial charge in [0.25, 0.3) is 31.6 Å². The molecule has 0 aliphatic carbocycles. The van der Waals surface area contributed by atoms with E-state index < -0.39 is 0 Å². The van der Waals surface area contributed by atoms with Crippen molar-refractivity contribution in [2.75, 3.05) is 0 Å². The molecule has 10 heteroatoms. The Balaban J connectivity index is 0.000000123. The van der Waals surface area contributed by atoms with Gasteiger partial charge in [-0.15, -0.1) is 0 Å². The molecule has 0 amide bonds. The van der Waals surface area contributed by atoms with Gasteiger partial charge in [0.1, 0.15) is 28.5 Å². The van der Waals surface area contributed by atoms with E-state index >= 15 is 0 Å². The average molecular weight is 1270 g/mol. The minimum Gasteiger partial charge on any atom is -0.232 e. The molecule has 0 atom stereocenters. The number of rotatable bonds is 6. The summed E-state index contributed by atoms with van der Waals surface area (Å²) in [5, 5.41) is 6.06. The number of nitrogens with zero attached hydrogens (tertiary/aromatic N) is 10. The van der Waals surface area contributed by atoms with Crippen LogP contribution in [0.4, 0.5) is 0 Å². The van der Waals surface area contributed by atoms with Crippen LogP contribution in [0.25, 0.3) is 111 Å². The van der Waals surface area contributed by atoms with Crippen molar-refractivity contribution in [2.24, 2.45) is 35.2 Å². The van der Waals surface area contributed by atoms with Crippen molar-refractivity contribution in [1.82, 2.24) is 24.9 Å². The molecule has 0 saturated heterocycles. The fourth-order valence-corrected chi connectivity index (χ4v) is 13.0. The second-order valence-corrected chi connectivity index (χ2v) is 26.0. The Morgan fingerprint density at radius 3 is 1.20 bits per heavy atom. The minimum absolute atomic E-state index is 0.520. The summed E-state index contributed by atoms with van der Waals surface area (Å²) in [6.07, 6.45) is 9.48. The number of para-hydroxylation sites is 2. The number of benzene rings is 10. The molecule has 5 aromatic heterocycles. The molecule has 15 aromatic rings. The van der Waals surface area contributed by atoms with Crippen molar-refractivity contribution < 1.29 is 22.8 Å². The fourth-order valence-electron chi connectivity index (χ4n) is 13.0. The zero-order valence-corrected chi connectivity index (χ0v) is 59.1. The van der Waals surface area contributed by atoms with Crippen molar-refractivity contribution in [3.05, 3.63) is 300 Å². The van der Waals surface area contributed by atoms with E-state index in [0.717, 1.165) is 27.6 Å². The topological polar surface area (TPSA) is 83.8 Å². The van der Waals surface area contributed by atoms with E-state index in [1.165, 1.54) is 139 Å². The van der Waals surface area contributed by atoms with Crippen LogP contribution in [0.5, 0.6) is 0 Å². The lowest BCUT2D eigenvalue weighted by Crippen LogP contribution is -2.32. The molecule has 0 saturated carbocycles. The highest BCUT2D eigenvalue weighted by Gasteiger charge is 2.22. The third-order valence-electron chi connectivity index (χ3n) is 18.3. The summed E-state index contributed by atoms with van der Waals surface area (Å²) in [7, 11) is 10.3. The van der Waals surface area contributed by atoms with Gasteiger partial charge in [-0.05, 0) is 187 Å². The summed E-state index contributed by atoms with van der Waals surface area (Å²) in [4.78, 5) is 22.7. The van der Waals surface area contributed by atoms with E-state index in [1.807, 2.05) is 37.7 Å².